The van der Waals surface area contributed by atoms with Gasteiger partial charge in [0.25, 0.3) is 0 Å². The maximum Gasteiger partial charge on any atom is 0.143 e. The molecule has 0 saturated heterocycles. The zero-order valence-electron chi connectivity index (χ0n) is 23.5. The van der Waals surface area contributed by atoms with E-state index in [4.69, 9.17) is 0 Å². The highest BCUT2D eigenvalue weighted by Crippen LogP contribution is 2.44. The molecule has 0 fully saturated rings. The van der Waals surface area contributed by atoms with Gasteiger partial charge < -0.3 is 4.57 Å². The van der Waals surface area contributed by atoms with E-state index in [1.807, 2.05) is 60.7 Å². The molecule has 2 aromatic carbocycles. The Bertz CT molecular complexity index is 742. The van der Waals surface area contributed by atoms with Crippen molar-refractivity contribution in [3.63, 3.8) is 0 Å². The minimum Gasteiger partial charge on any atom is -0.314 e. The molecule has 0 unspecified atom stereocenters. The number of rotatable bonds is 23. The standard InChI is InChI=1S/C34H55OP/c1-2-3-4-5-6-7-8-9-10-11-12-13-14-15-16-17-18-19-20-27-32-36(35,33-28-23-21-24-29-33)34-30-25-22-26-31-34/h21-26,28-31H,2-20,27,32H2,1H3. The normalized spacial score (nSPS) is 11.7. The Labute approximate surface area is 224 Å². The second-order valence-corrected chi connectivity index (χ2v) is 13.8. The molecule has 0 aliphatic carbocycles. The average Bonchev–Trinajstić information content (AvgIpc) is 2.93. The molecule has 0 atom stereocenters. The van der Waals surface area contributed by atoms with Crippen LogP contribution in [-0.4, -0.2) is 6.16 Å². The third-order valence-corrected chi connectivity index (χ3v) is 10.9. The third kappa shape index (κ3) is 13.3. The first-order chi connectivity index (χ1) is 17.8. The molecule has 0 N–H and O–H groups in total. The van der Waals surface area contributed by atoms with E-state index in [0.717, 1.165) is 23.2 Å². The largest absolute Gasteiger partial charge is 0.314 e. The highest BCUT2D eigenvalue weighted by molar-refractivity contribution is 7.78. The van der Waals surface area contributed by atoms with Crippen LogP contribution in [0.3, 0.4) is 0 Å². The van der Waals surface area contributed by atoms with Crippen LogP contribution in [0, 0.1) is 0 Å². The highest BCUT2D eigenvalue weighted by Gasteiger charge is 2.26. The third-order valence-electron chi connectivity index (χ3n) is 7.67. The second kappa shape index (κ2) is 20.7. The summed E-state index contributed by atoms with van der Waals surface area (Å²) in [6, 6.07) is 20.3. The van der Waals surface area contributed by atoms with Crippen molar-refractivity contribution in [3.05, 3.63) is 60.7 Å². The fourth-order valence-electron chi connectivity index (χ4n) is 5.33. The predicted octanol–water partition coefficient (Wildman–Crippen LogP) is 10.8. The van der Waals surface area contributed by atoms with Crippen LogP contribution in [0.15, 0.2) is 60.7 Å². The zero-order valence-corrected chi connectivity index (χ0v) is 24.4. The van der Waals surface area contributed by atoms with Gasteiger partial charge in [-0.05, 0) is 6.42 Å². The molecule has 202 valence electrons. The van der Waals surface area contributed by atoms with Crippen LogP contribution in [0.5, 0.6) is 0 Å². The van der Waals surface area contributed by atoms with Gasteiger partial charge in [0.1, 0.15) is 7.14 Å². The Morgan fingerprint density at radius 3 is 1.00 bits per heavy atom. The Balaban J connectivity index is 1.42. The van der Waals surface area contributed by atoms with Gasteiger partial charge in [-0.2, -0.15) is 0 Å². The van der Waals surface area contributed by atoms with Gasteiger partial charge in [0, 0.05) is 16.8 Å². The molecular weight excluding hydrogens is 455 g/mol. The fraction of sp³-hybridized carbons (Fsp3) is 0.647. The quantitative estimate of drug-likeness (QED) is 0.107. The maximum atomic E-state index is 14.0. The second-order valence-electron chi connectivity index (χ2n) is 10.9. The molecule has 0 saturated carbocycles. The van der Waals surface area contributed by atoms with Crippen molar-refractivity contribution in [2.75, 3.05) is 6.16 Å². The van der Waals surface area contributed by atoms with Crippen LogP contribution in [0.4, 0.5) is 0 Å². The fourth-order valence-corrected chi connectivity index (χ4v) is 8.13. The van der Waals surface area contributed by atoms with Crippen molar-refractivity contribution in [3.8, 4) is 0 Å². The molecule has 2 aromatic rings. The van der Waals surface area contributed by atoms with Gasteiger partial charge in [-0.3, -0.25) is 0 Å². The van der Waals surface area contributed by atoms with Crippen LogP contribution in [0.25, 0.3) is 0 Å². The van der Waals surface area contributed by atoms with E-state index in [2.05, 4.69) is 6.92 Å². The van der Waals surface area contributed by atoms with Crippen molar-refractivity contribution in [1.29, 1.82) is 0 Å². The summed E-state index contributed by atoms with van der Waals surface area (Å²) in [6.45, 7) is 2.29. The Morgan fingerprint density at radius 2 is 0.694 bits per heavy atom. The molecule has 0 amide bonds. The minimum absolute atomic E-state index is 0.792. The van der Waals surface area contributed by atoms with E-state index >= 15 is 0 Å². The lowest BCUT2D eigenvalue weighted by atomic mass is 10.0. The van der Waals surface area contributed by atoms with E-state index in [9.17, 15) is 4.57 Å². The summed E-state index contributed by atoms with van der Waals surface area (Å²) in [6.07, 6.45) is 28.6. The lowest BCUT2D eigenvalue weighted by molar-refractivity contribution is 0.522. The van der Waals surface area contributed by atoms with Crippen molar-refractivity contribution in [2.24, 2.45) is 0 Å². The van der Waals surface area contributed by atoms with Crippen LogP contribution in [0.1, 0.15) is 135 Å². The highest BCUT2D eigenvalue weighted by atomic mass is 31.2. The lowest BCUT2D eigenvalue weighted by Gasteiger charge is -2.19. The molecule has 1 nitrogen and oxygen atoms in total. The first-order valence-electron chi connectivity index (χ1n) is 15.5. The summed E-state index contributed by atoms with van der Waals surface area (Å²) in [5.74, 6) is 0. The molecule has 0 radical (unpaired) electrons. The van der Waals surface area contributed by atoms with Gasteiger partial charge >= 0.3 is 0 Å². The zero-order chi connectivity index (χ0) is 25.6. The predicted molar refractivity (Wildman–Crippen MR) is 163 cm³/mol. The lowest BCUT2D eigenvalue weighted by Crippen LogP contribution is -2.18. The Morgan fingerprint density at radius 1 is 0.417 bits per heavy atom. The van der Waals surface area contributed by atoms with Gasteiger partial charge in [0.15, 0.2) is 0 Å². The van der Waals surface area contributed by atoms with E-state index in [1.165, 1.54) is 122 Å². The molecular formula is C34H55OP. The van der Waals surface area contributed by atoms with Crippen molar-refractivity contribution in [1.82, 2.24) is 0 Å². The van der Waals surface area contributed by atoms with Crippen molar-refractivity contribution in [2.45, 2.75) is 135 Å². The maximum absolute atomic E-state index is 14.0. The van der Waals surface area contributed by atoms with Crippen molar-refractivity contribution < 1.29 is 4.57 Å². The molecule has 0 heterocycles. The van der Waals surface area contributed by atoms with Gasteiger partial charge in [-0.15, -0.1) is 0 Å². The summed E-state index contributed by atoms with van der Waals surface area (Å²) in [7, 11) is -2.52. The summed E-state index contributed by atoms with van der Waals surface area (Å²) >= 11 is 0. The number of benzene rings is 2. The first kappa shape index (κ1) is 30.9. The summed E-state index contributed by atoms with van der Waals surface area (Å²) in [5.41, 5.74) is 0. The molecule has 0 bridgehead atoms. The number of hydrogen-bond donors (Lipinski definition) is 0. The van der Waals surface area contributed by atoms with E-state index in [1.54, 1.807) is 0 Å². The molecule has 2 rings (SSSR count). The van der Waals surface area contributed by atoms with Crippen LogP contribution in [0.2, 0.25) is 0 Å². The monoisotopic (exact) mass is 510 g/mol. The molecule has 0 aliphatic rings. The van der Waals surface area contributed by atoms with E-state index < -0.39 is 7.14 Å². The number of unbranched alkanes of at least 4 members (excludes halogenated alkanes) is 19. The van der Waals surface area contributed by atoms with E-state index in [-0.39, 0.29) is 0 Å². The molecule has 2 heteroatoms. The van der Waals surface area contributed by atoms with Crippen molar-refractivity contribution >= 4 is 17.8 Å². The van der Waals surface area contributed by atoms with Crippen LogP contribution in [-0.2, 0) is 4.57 Å². The smallest absolute Gasteiger partial charge is 0.143 e. The molecule has 0 spiro atoms. The minimum atomic E-state index is -2.52. The Hall–Kier alpha value is -1.33. The summed E-state index contributed by atoms with van der Waals surface area (Å²) < 4.78 is 14.0. The molecule has 0 aromatic heterocycles. The van der Waals surface area contributed by atoms with Crippen LogP contribution < -0.4 is 10.6 Å². The van der Waals surface area contributed by atoms with Gasteiger partial charge in [0.05, 0.1) is 0 Å². The summed E-state index contributed by atoms with van der Waals surface area (Å²) in [5, 5.41) is 2.02. The summed E-state index contributed by atoms with van der Waals surface area (Å²) in [4.78, 5) is 0. The van der Waals surface area contributed by atoms with E-state index in [0.29, 0.717) is 0 Å². The Kier molecular flexibility index (Phi) is 17.8. The molecule has 0 aliphatic heterocycles. The number of hydrogen-bond acceptors (Lipinski definition) is 1. The van der Waals surface area contributed by atoms with Gasteiger partial charge in [-0.25, -0.2) is 0 Å². The topological polar surface area (TPSA) is 17.1 Å². The first-order valence-corrected chi connectivity index (χ1v) is 17.4. The van der Waals surface area contributed by atoms with Crippen LogP contribution >= 0.6 is 7.14 Å². The molecule has 36 heavy (non-hydrogen) atoms. The van der Waals surface area contributed by atoms with Gasteiger partial charge in [-0.1, -0.05) is 190 Å². The average molecular weight is 511 g/mol. The van der Waals surface area contributed by atoms with Gasteiger partial charge in [0.2, 0.25) is 0 Å². The SMILES string of the molecule is CCCCCCCCCCCCCCCCCCCCCCP(=O)(c1ccccc1)c1ccccc1.